The topological polar surface area (TPSA) is 55.4 Å². The second kappa shape index (κ2) is 8.37. The summed E-state index contributed by atoms with van der Waals surface area (Å²) in [5, 5.41) is 3.78. The molecule has 0 atom stereocenters. The van der Waals surface area contributed by atoms with Gasteiger partial charge in [0.05, 0.1) is 6.61 Å². The van der Waals surface area contributed by atoms with Gasteiger partial charge in [0.1, 0.15) is 10.6 Å². The van der Waals surface area contributed by atoms with Crippen LogP contribution >= 0.6 is 22.9 Å². The molecule has 1 heterocycles. The monoisotopic (exact) mass is 399 g/mol. The number of anilines is 1. The van der Waals surface area contributed by atoms with E-state index >= 15 is 0 Å². The number of amides is 1. The molecule has 3 rings (SSSR count). The predicted octanol–water partition coefficient (Wildman–Crippen LogP) is 5.81. The van der Waals surface area contributed by atoms with Crippen molar-refractivity contribution in [1.82, 2.24) is 0 Å². The van der Waals surface area contributed by atoms with Crippen molar-refractivity contribution in [1.29, 1.82) is 0 Å². The van der Waals surface area contributed by atoms with Crippen LogP contribution in [0.4, 0.5) is 5.00 Å². The number of halogens is 1. The van der Waals surface area contributed by atoms with Crippen LogP contribution in [0.1, 0.15) is 32.5 Å². The minimum absolute atomic E-state index is 0.254. The molecule has 0 fully saturated rings. The minimum Gasteiger partial charge on any atom is -0.462 e. The SMILES string of the molecule is CCOC(=O)c1c(NC(=O)c2cccc(Cl)c2)sc(C)c1-c1ccccc1. The number of nitrogens with one attached hydrogen (secondary N) is 1. The zero-order valence-electron chi connectivity index (χ0n) is 14.9. The fraction of sp³-hybridized carbons (Fsp3) is 0.143. The van der Waals surface area contributed by atoms with E-state index in [2.05, 4.69) is 5.32 Å². The summed E-state index contributed by atoms with van der Waals surface area (Å²) in [5.41, 5.74) is 2.48. The number of carbonyl (C=O) groups is 2. The quantitative estimate of drug-likeness (QED) is 0.551. The van der Waals surface area contributed by atoms with Crippen molar-refractivity contribution < 1.29 is 14.3 Å². The number of benzene rings is 2. The maximum atomic E-state index is 12.7. The normalized spacial score (nSPS) is 10.5. The van der Waals surface area contributed by atoms with Gasteiger partial charge in [-0.1, -0.05) is 48.0 Å². The number of carbonyl (C=O) groups excluding carboxylic acids is 2. The highest BCUT2D eigenvalue weighted by Crippen LogP contribution is 2.40. The molecule has 27 heavy (non-hydrogen) atoms. The van der Waals surface area contributed by atoms with E-state index in [1.54, 1.807) is 31.2 Å². The highest BCUT2D eigenvalue weighted by Gasteiger charge is 2.25. The largest absolute Gasteiger partial charge is 0.462 e. The van der Waals surface area contributed by atoms with Gasteiger partial charge in [0.25, 0.3) is 5.91 Å². The van der Waals surface area contributed by atoms with E-state index in [0.717, 1.165) is 16.0 Å². The highest BCUT2D eigenvalue weighted by atomic mass is 35.5. The average molecular weight is 400 g/mol. The molecule has 0 aliphatic rings. The minimum atomic E-state index is -0.456. The average Bonchev–Trinajstić information content (AvgIpc) is 2.98. The molecule has 3 aromatic rings. The van der Waals surface area contributed by atoms with Gasteiger partial charge in [-0.05, 0) is 37.6 Å². The van der Waals surface area contributed by atoms with Gasteiger partial charge in [-0.3, -0.25) is 4.79 Å². The number of aryl methyl sites for hydroxylation is 1. The first-order valence-corrected chi connectivity index (χ1v) is 9.63. The van der Waals surface area contributed by atoms with Crippen molar-refractivity contribution >= 4 is 39.8 Å². The molecule has 0 saturated heterocycles. The summed E-state index contributed by atoms with van der Waals surface area (Å²) in [7, 11) is 0. The summed E-state index contributed by atoms with van der Waals surface area (Å²) in [6, 6.07) is 16.3. The van der Waals surface area contributed by atoms with Crippen LogP contribution in [0.3, 0.4) is 0 Å². The molecule has 0 aliphatic carbocycles. The lowest BCUT2D eigenvalue weighted by atomic mass is 10.0. The van der Waals surface area contributed by atoms with Gasteiger partial charge >= 0.3 is 5.97 Å². The molecule has 4 nitrogen and oxygen atoms in total. The number of thiophene rings is 1. The maximum absolute atomic E-state index is 12.7. The number of rotatable bonds is 5. The van der Waals surface area contributed by atoms with Crippen LogP contribution in [-0.2, 0) is 4.74 Å². The molecule has 6 heteroatoms. The highest BCUT2D eigenvalue weighted by molar-refractivity contribution is 7.17. The molecule has 1 aromatic heterocycles. The van der Waals surface area contributed by atoms with Crippen molar-refractivity contribution in [2.45, 2.75) is 13.8 Å². The van der Waals surface area contributed by atoms with Crippen LogP contribution in [0.15, 0.2) is 54.6 Å². The lowest BCUT2D eigenvalue weighted by Gasteiger charge is -2.09. The smallest absolute Gasteiger partial charge is 0.341 e. The summed E-state index contributed by atoms with van der Waals surface area (Å²) in [4.78, 5) is 26.2. The van der Waals surface area contributed by atoms with Crippen LogP contribution < -0.4 is 5.32 Å². The second-order valence-corrected chi connectivity index (χ2v) is 7.45. The number of ether oxygens (including phenoxy) is 1. The fourth-order valence-electron chi connectivity index (χ4n) is 2.79. The Morgan fingerprint density at radius 1 is 1.11 bits per heavy atom. The molecule has 0 bridgehead atoms. The first kappa shape index (κ1) is 19.1. The van der Waals surface area contributed by atoms with Crippen LogP contribution in [-0.4, -0.2) is 18.5 Å². The molecular formula is C21H18ClNO3S. The summed E-state index contributed by atoms with van der Waals surface area (Å²) in [5.74, 6) is -0.786. The lowest BCUT2D eigenvalue weighted by Crippen LogP contribution is -2.14. The first-order valence-electron chi connectivity index (χ1n) is 8.44. The summed E-state index contributed by atoms with van der Waals surface area (Å²) >= 11 is 7.32. The van der Waals surface area contributed by atoms with E-state index in [1.807, 2.05) is 37.3 Å². The molecule has 0 saturated carbocycles. The first-order chi connectivity index (χ1) is 13.0. The van der Waals surface area contributed by atoms with E-state index in [1.165, 1.54) is 11.3 Å². The second-order valence-electron chi connectivity index (χ2n) is 5.79. The van der Waals surface area contributed by atoms with Crippen LogP contribution in [0.25, 0.3) is 11.1 Å². The number of hydrogen-bond donors (Lipinski definition) is 1. The third-order valence-corrected chi connectivity index (χ3v) is 5.20. The van der Waals surface area contributed by atoms with E-state index in [-0.39, 0.29) is 12.5 Å². The molecular weight excluding hydrogens is 382 g/mol. The van der Waals surface area contributed by atoms with Gasteiger partial charge in [-0.25, -0.2) is 4.79 Å². The Morgan fingerprint density at radius 3 is 2.52 bits per heavy atom. The van der Waals surface area contributed by atoms with Gasteiger partial charge in [-0.15, -0.1) is 11.3 Å². The van der Waals surface area contributed by atoms with Crippen molar-refractivity contribution in [3.63, 3.8) is 0 Å². The van der Waals surface area contributed by atoms with Crippen molar-refractivity contribution in [3.8, 4) is 11.1 Å². The fourth-order valence-corrected chi connectivity index (χ4v) is 4.04. The van der Waals surface area contributed by atoms with Gasteiger partial charge < -0.3 is 10.1 Å². The van der Waals surface area contributed by atoms with Crippen LogP contribution in [0, 0.1) is 6.92 Å². The molecule has 2 aromatic carbocycles. The lowest BCUT2D eigenvalue weighted by molar-refractivity contribution is 0.0529. The van der Waals surface area contributed by atoms with E-state index in [9.17, 15) is 9.59 Å². The summed E-state index contributed by atoms with van der Waals surface area (Å²) in [6.45, 7) is 3.93. The molecule has 0 aliphatic heterocycles. The molecule has 138 valence electrons. The Kier molecular flexibility index (Phi) is 5.94. The Bertz CT molecular complexity index is 982. The third kappa shape index (κ3) is 4.21. The Morgan fingerprint density at radius 2 is 1.85 bits per heavy atom. The van der Waals surface area contributed by atoms with Crippen LogP contribution in [0.5, 0.6) is 0 Å². The molecule has 0 spiro atoms. The predicted molar refractivity (Wildman–Crippen MR) is 110 cm³/mol. The van der Waals surface area contributed by atoms with Crippen molar-refractivity contribution in [2.75, 3.05) is 11.9 Å². The summed E-state index contributed by atoms with van der Waals surface area (Å²) in [6.07, 6.45) is 0. The van der Waals surface area contributed by atoms with Gasteiger partial charge in [0.15, 0.2) is 0 Å². The number of esters is 1. The molecule has 0 radical (unpaired) electrons. The van der Waals surface area contributed by atoms with Gasteiger partial charge in [-0.2, -0.15) is 0 Å². The number of hydrogen-bond acceptors (Lipinski definition) is 4. The van der Waals surface area contributed by atoms with E-state index in [4.69, 9.17) is 16.3 Å². The molecule has 1 amide bonds. The van der Waals surface area contributed by atoms with Gasteiger partial charge in [0.2, 0.25) is 0 Å². The Labute approximate surface area is 166 Å². The Balaban J connectivity index is 2.05. The molecule has 1 N–H and O–H groups in total. The van der Waals surface area contributed by atoms with Crippen LogP contribution in [0.2, 0.25) is 5.02 Å². The summed E-state index contributed by atoms with van der Waals surface area (Å²) < 4.78 is 5.25. The zero-order chi connectivity index (χ0) is 19.4. The van der Waals surface area contributed by atoms with Crippen molar-refractivity contribution in [3.05, 3.63) is 75.6 Å². The standard InChI is InChI=1S/C21H18ClNO3S/c1-3-26-21(25)18-17(14-8-5-4-6-9-14)13(2)27-20(18)23-19(24)15-10-7-11-16(22)12-15/h4-12H,3H2,1-2H3,(H,23,24). The van der Waals surface area contributed by atoms with E-state index < -0.39 is 5.97 Å². The van der Waals surface area contributed by atoms with Gasteiger partial charge in [0, 0.05) is 21.0 Å². The Hall–Kier alpha value is -2.63. The maximum Gasteiger partial charge on any atom is 0.341 e. The third-order valence-electron chi connectivity index (χ3n) is 3.94. The van der Waals surface area contributed by atoms with Crippen molar-refractivity contribution in [2.24, 2.45) is 0 Å². The molecule has 0 unspecified atom stereocenters. The zero-order valence-corrected chi connectivity index (χ0v) is 16.5. The van der Waals surface area contributed by atoms with E-state index in [0.29, 0.717) is 21.2 Å².